The number of rotatable bonds is 3. The number of amides is 1. The highest BCUT2D eigenvalue weighted by Gasteiger charge is 2.30. The molecule has 0 N–H and O–H groups in total. The molecular weight excluding hydrogens is 344 g/mol. The molecule has 0 spiro atoms. The van der Waals surface area contributed by atoms with Crippen molar-refractivity contribution in [3.63, 3.8) is 0 Å². The topological polar surface area (TPSA) is 76.2 Å². The van der Waals surface area contributed by atoms with Crippen LogP contribution in [0.25, 0.3) is 0 Å². The molecule has 0 unspecified atom stereocenters. The third-order valence-corrected chi connectivity index (χ3v) is 6.61. The standard InChI is InChI=1S/C17H24N2O5S/c1-3-17(20)18-5-4-6-19(8-7-18)25(21,22)16-12-15-14(11-13(16)2)23-9-10-24-15/h11-12H,3-10H2,1-2H3. The Morgan fingerprint density at radius 3 is 2.44 bits per heavy atom. The summed E-state index contributed by atoms with van der Waals surface area (Å²) < 4.78 is 38.7. The van der Waals surface area contributed by atoms with Gasteiger partial charge in [-0.2, -0.15) is 4.31 Å². The number of carbonyl (C=O) groups is 1. The van der Waals surface area contributed by atoms with Gasteiger partial charge in [0.1, 0.15) is 13.2 Å². The number of hydrogen-bond donors (Lipinski definition) is 0. The maximum Gasteiger partial charge on any atom is 0.243 e. The Kier molecular flexibility index (Phi) is 5.19. The smallest absolute Gasteiger partial charge is 0.243 e. The minimum Gasteiger partial charge on any atom is -0.486 e. The first kappa shape index (κ1) is 18.0. The highest BCUT2D eigenvalue weighted by molar-refractivity contribution is 7.89. The molecule has 1 aromatic rings. The lowest BCUT2D eigenvalue weighted by molar-refractivity contribution is -0.130. The van der Waals surface area contributed by atoms with E-state index in [4.69, 9.17) is 9.47 Å². The highest BCUT2D eigenvalue weighted by Crippen LogP contribution is 2.35. The molecule has 7 nitrogen and oxygen atoms in total. The van der Waals surface area contributed by atoms with Crippen LogP contribution >= 0.6 is 0 Å². The van der Waals surface area contributed by atoms with Gasteiger partial charge in [0, 0.05) is 38.7 Å². The molecule has 138 valence electrons. The molecule has 1 aromatic carbocycles. The second kappa shape index (κ2) is 7.21. The molecule has 1 amide bonds. The molecule has 0 aliphatic carbocycles. The van der Waals surface area contributed by atoms with Crippen LogP contribution in [0.15, 0.2) is 17.0 Å². The van der Waals surface area contributed by atoms with Crippen molar-refractivity contribution in [2.75, 3.05) is 39.4 Å². The van der Waals surface area contributed by atoms with Crippen LogP contribution in [0.5, 0.6) is 11.5 Å². The van der Waals surface area contributed by atoms with E-state index >= 15 is 0 Å². The van der Waals surface area contributed by atoms with Crippen molar-refractivity contribution in [3.05, 3.63) is 17.7 Å². The van der Waals surface area contributed by atoms with Crippen LogP contribution in [0.1, 0.15) is 25.3 Å². The quantitative estimate of drug-likeness (QED) is 0.806. The lowest BCUT2D eigenvalue weighted by atomic mass is 10.2. The van der Waals surface area contributed by atoms with Gasteiger partial charge < -0.3 is 14.4 Å². The summed E-state index contributed by atoms with van der Waals surface area (Å²) in [6.07, 6.45) is 1.07. The van der Waals surface area contributed by atoms with Crippen LogP contribution in [0.2, 0.25) is 0 Å². The van der Waals surface area contributed by atoms with Gasteiger partial charge in [-0.25, -0.2) is 8.42 Å². The summed E-state index contributed by atoms with van der Waals surface area (Å²) in [7, 11) is -3.65. The van der Waals surface area contributed by atoms with Gasteiger partial charge in [-0.05, 0) is 25.0 Å². The van der Waals surface area contributed by atoms with Crippen molar-refractivity contribution in [3.8, 4) is 11.5 Å². The van der Waals surface area contributed by atoms with Crippen LogP contribution in [0, 0.1) is 6.92 Å². The lowest BCUT2D eigenvalue weighted by Crippen LogP contribution is -2.37. The van der Waals surface area contributed by atoms with Crippen molar-refractivity contribution in [2.24, 2.45) is 0 Å². The molecule has 0 radical (unpaired) electrons. The highest BCUT2D eigenvalue weighted by atomic mass is 32.2. The first-order chi connectivity index (χ1) is 11.9. The minimum absolute atomic E-state index is 0.0646. The second-order valence-corrected chi connectivity index (χ2v) is 8.16. The number of ether oxygens (including phenoxy) is 2. The minimum atomic E-state index is -3.65. The number of sulfonamides is 1. The Hall–Kier alpha value is -1.80. The maximum atomic E-state index is 13.1. The molecule has 1 fully saturated rings. The molecule has 8 heteroatoms. The predicted octanol–water partition coefficient (Wildman–Crippen LogP) is 1.40. The number of aryl methyl sites for hydroxylation is 1. The maximum absolute atomic E-state index is 13.1. The van der Waals surface area contributed by atoms with Gasteiger partial charge in [0.25, 0.3) is 0 Å². The monoisotopic (exact) mass is 368 g/mol. The van der Waals surface area contributed by atoms with E-state index in [-0.39, 0.29) is 10.8 Å². The molecule has 2 heterocycles. The zero-order chi connectivity index (χ0) is 18.0. The third kappa shape index (κ3) is 3.59. The Morgan fingerprint density at radius 1 is 1.08 bits per heavy atom. The van der Waals surface area contributed by atoms with E-state index in [1.165, 1.54) is 4.31 Å². The molecule has 2 aliphatic heterocycles. The molecule has 0 atom stereocenters. The summed E-state index contributed by atoms with van der Waals surface area (Å²) in [6, 6.07) is 3.27. The van der Waals surface area contributed by atoms with Gasteiger partial charge in [-0.3, -0.25) is 4.79 Å². The van der Waals surface area contributed by atoms with E-state index < -0.39 is 10.0 Å². The molecule has 0 saturated carbocycles. The van der Waals surface area contributed by atoms with Gasteiger partial charge in [0.05, 0.1) is 4.90 Å². The average molecular weight is 368 g/mol. The molecule has 25 heavy (non-hydrogen) atoms. The van der Waals surface area contributed by atoms with E-state index in [9.17, 15) is 13.2 Å². The van der Waals surface area contributed by atoms with Crippen LogP contribution in [0.3, 0.4) is 0 Å². The Balaban J connectivity index is 1.85. The first-order valence-electron chi connectivity index (χ1n) is 8.61. The Morgan fingerprint density at radius 2 is 1.76 bits per heavy atom. The number of nitrogens with zero attached hydrogens (tertiary/aromatic N) is 2. The lowest BCUT2D eigenvalue weighted by Gasteiger charge is -2.24. The normalized spacial score (nSPS) is 18.7. The van der Waals surface area contributed by atoms with E-state index in [1.54, 1.807) is 24.0 Å². The van der Waals surface area contributed by atoms with Gasteiger partial charge in [0.2, 0.25) is 15.9 Å². The van der Waals surface area contributed by atoms with E-state index in [0.29, 0.717) is 69.3 Å². The molecule has 0 aromatic heterocycles. The number of fused-ring (bicyclic) bond motifs is 1. The van der Waals surface area contributed by atoms with Crippen LogP contribution in [-0.4, -0.2) is 62.9 Å². The molecule has 3 rings (SSSR count). The van der Waals surface area contributed by atoms with Gasteiger partial charge in [-0.1, -0.05) is 6.92 Å². The summed E-state index contributed by atoms with van der Waals surface area (Å²) in [4.78, 5) is 13.9. The van der Waals surface area contributed by atoms with E-state index in [2.05, 4.69) is 0 Å². The molecular formula is C17H24N2O5S. The van der Waals surface area contributed by atoms with E-state index in [1.807, 2.05) is 6.92 Å². The average Bonchev–Trinajstić information content (AvgIpc) is 2.87. The summed E-state index contributed by atoms with van der Waals surface area (Å²) in [5.41, 5.74) is 0.634. The van der Waals surface area contributed by atoms with Crippen molar-refractivity contribution in [1.29, 1.82) is 0 Å². The summed E-state index contributed by atoms with van der Waals surface area (Å²) in [5, 5.41) is 0. The fourth-order valence-corrected chi connectivity index (χ4v) is 4.89. The Labute approximate surface area is 148 Å². The summed E-state index contributed by atoms with van der Waals surface area (Å²) in [5.74, 6) is 1.11. The number of benzene rings is 1. The summed E-state index contributed by atoms with van der Waals surface area (Å²) in [6.45, 7) is 6.19. The van der Waals surface area contributed by atoms with Gasteiger partial charge >= 0.3 is 0 Å². The number of carbonyl (C=O) groups excluding carboxylic acids is 1. The van der Waals surface area contributed by atoms with Crippen LogP contribution < -0.4 is 9.47 Å². The second-order valence-electron chi connectivity index (χ2n) is 6.25. The van der Waals surface area contributed by atoms with Crippen molar-refractivity contribution in [1.82, 2.24) is 9.21 Å². The van der Waals surface area contributed by atoms with Gasteiger partial charge in [0.15, 0.2) is 11.5 Å². The van der Waals surface area contributed by atoms with Crippen LogP contribution in [-0.2, 0) is 14.8 Å². The van der Waals surface area contributed by atoms with E-state index in [0.717, 1.165) is 0 Å². The number of hydrogen-bond acceptors (Lipinski definition) is 5. The molecule has 0 bridgehead atoms. The zero-order valence-electron chi connectivity index (χ0n) is 14.7. The van der Waals surface area contributed by atoms with Crippen molar-refractivity contribution >= 4 is 15.9 Å². The van der Waals surface area contributed by atoms with Crippen LogP contribution in [0.4, 0.5) is 0 Å². The largest absolute Gasteiger partial charge is 0.486 e. The first-order valence-corrected chi connectivity index (χ1v) is 10.1. The SMILES string of the molecule is CCC(=O)N1CCCN(S(=O)(=O)c2cc3c(cc2C)OCCO3)CC1. The molecule has 1 saturated heterocycles. The molecule has 2 aliphatic rings. The fourth-order valence-electron chi connectivity index (χ4n) is 3.20. The fraction of sp³-hybridized carbons (Fsp3) is 0.588. The summed E-state index contributed by atoms with van der Waals surface area (Å²) >= 11 is 0. The Bertz CT molecular complexity index is 763. The van der Waals surface area contributed by atoms with Crippen molar-refractivity contribution < 1.29 is 22.7 Å². The van der Waals surface area contributed by atoms with Crippen molar-refractivity contribution in [2.45, 2.75) is 31.6 Å². The predicted molar refractivity (Wildman–Crippen MR) is 92.4 cm³/mol. The van der Waals surface area contributed by atoms with Gasteiger partial charge in [-0.15, -0.1) is 0 Å². The zero-order valence-corrected chi connectivity index (χ0v) is 15.5. The third-order valence-electron chi connectivity index (χ3n) is 4.57.